The smallest absolute Gasteiger partial charge is 0.344 e. The van der Waals surface area contributed by atoms with Crippen LogP contribution in [0, 0.1) is 0 Å². The molecule has 2 aromatic carbocycles. The van der Waals surface area contributed by atoms with E-state index in [0.29, 0.717) is 34.4 Å². The van der Waals surface area contributed by atoms with E-state index in [0.717, 1.165) is 23.3 Å². The molecule has 5 aromatic rings. The Morgan fingerprint density at radius 2 is 1.67 bits per heavy atom. The third-order valence-corrected chi connectivity index (χ3v) is 6.75. The summed E-state index contributed by atoms with van der Waals surface area (Å²) in [5.41, 5.74) is 2.89. The van der Waals surface area contributed by atoms with Gasteiger partial charge >= 0.3 is 6.18 Å². The Morgan fingerprint density at radius 1 is 0.881 bits per heavy atom. The van der Waals surface area contributed by atoms with Crippen molar-refractivity contribution >= 4 is 28.4 Å². The normalized spacial score (nSPS) is 12.1. The largest absolute Gasteiger partial charge is 0.417 e. The number of halogens is 3. The fourth-order valence-corrected chi connectivity index (χ4v) is 4.56. The zero-order valence-corrected chi connectivity index (χ0v) is 22.7. The van der Waals surface area contributed by atoms with E-state index >= 15 is 0 Å². The van der Waals surface area contributed by atoms with Crippen molar-refractivity contribution in [1.29, 1.82) is 0 Å². The molecule has 1 atom stereocenters. The highest BCUT2D eigenvalue weighted by Gasteiger charge is 2.31. The Hall–Kier alpha value is -5.12. The van der Waals surface area contributed by atoms with Gasteiger partial charge in [-0.2, -0.15) is 13.2 Å². The van der Waals surface area contributed by atoms with Gasteiger partial charge in [-0.25, -0.2) is 0 Å². The minimum Gasteiger partial charge on any atom is -0.344 e. The Bertz CT molecular complexity index is 1760. The van der Waals surface area contributed by atoms with E-state index < -0.39 is 17.6 Å². The first-order chi connectivity index (χ1) is 20.1. The van der Waals surface area contributed by atoms with Gasteiger partial charge in [0.15, 0.2) is 0 Å². The Morgan fingerprint density at radius 3 is 2.36 bits per heavy atom. The number of benzene rings is 2. The van der Waals surface area contributed by atoms with Crippen LogP contribution in [0.1, 0.15) is 57.6 Å². The maximum Gasteiger partial charge on any atom is 0.417 e. The maximum atomic E-state index is 13.3. The van der Waals surface area contributed by atoms with Gasteiger partial charge in [-0.05, 0) is 61.9 Å². The van der Waals surface area contributed by atoms with E-state index in [-0.39, 0.29) is 23.2 Å². The van der Waals surface area contributed by atoms with Gasteiger partial charge in [-0.1, -0.05) is 37.3 Å². The van der Waals surface area contributed by atoms with Crippen molar-refractivity contribution in [1.82, 2.24) is 20.3 Å². The number of nitrogens with zero attached hydrogens (tertiary/aromatic N) is 3. The number of rotatable bonds is 7. The van der Waals surface area contributed by atoms with Crippen molar-refractivity contribution in [2.45, 2.75) is 32.5 Å². The summed E-state index contributed by atoms with van der Waals surface area (Å²) in [5.74, 6) is -0.716. The van der Waals surface area contributed by atoms with Gasteiger partial charge in [0.2, 0.25) is 0 Å². The van der Waals surface area contributed by atoms with Crippen LogP contribution < -0.4 is 10.6 Å². The molecule has 0 aliphatic carbocycles. The summed E-state index contributed by atoms with van der Waals surface area (Å²) in [7, 11) is 0. The molecule has 0 radical (unpaired) electrons. The average Bonchev–Trinajstić information content (AvgIpc) is 3.00. The van der Waals surface area contributed by atoms with Crippen LogP contribution in [-0.2, 0) is 12.6 Å². The van der Waals surface area contributed by atoms with E-state index in [1.165, 1.54) is 6.07 Å². The summed E-state index contributed by atoms with van der Waals surface area (Å²) in [6, 6.07) is 20.9. The predicted molar refractivity (Wildman–Crippen MR) is 154 cm³/mol. The minimum atomic E-state index is -4.51. The fourth-order valence-electron chi connectivity index (χ4n) is 4.56. The second-order valence-corrected chi connectivity index (χ2v) is 9.62. The van der Waals surface area contributed by atoms with Crippen molar-refractivity contribution in [2.75, 3.05) is 5.32 Å². The number of aromatic nitrogens is 3. The molecule has 2 amide bonds. The van der Waals surface area contributed by atoms with Crippen LogP contribution in [0.15, 0.2) is 91.3 Å². The third-order valence-electron chi connectivity index (χ3n) is 6.75. The third kappa shape index (κ3) is 6.12. The number of alkyl halides is 3. The lowest BCUT2D eigenvalue weighted by molar-refractivity contribution is -0.137. The summed E-state index contributed by atoms with van der Waals surface area (Å²) < 4.78 is 38.9. The van der Waals surface area contributed by atoms with Crippen molar-refractivity contribution in [3.63, 3.8) is 0 Å². The molecular formula is C32H26F3N5O2. The van der Waals surface area contributed by atoms with Crippen molar-refractivity contribution in [3.05, 3.63) is 119 Å². The lowest BCUT2D eigenvalue weighted by atomic mass is 10.0. The summed E-state index contributed by atoms with van der Waals surface area (Å²) >= 11 is 0. The second-order valence-electron chi connectivity index (χ2n) is 9.62. The molecule has 5 rings (SSSR count). The molecule has 3 heterocycles. The molecule has 0 saturated carbocycles. The van der Waals surface area contributed by atoms with Crippen LogP contribution >= 0.6 is 0 Å². The van der Waals surface area contributed by atoms with Crippen LogP contribution in [0.2, 0.25) is 0 Å². The zero-order valence-electron chi connectivity index (χ0n) is 22.7. The lowest BCUT2D eigenvalue weighted by Crippen LogP contribution is -2.28. The molecule has 0 aliphatic heterocycles. The molecule has 212 valence electrons. The lowest BCUT2D eigenvalue weighted by Gasteiger charge is -2.16. The monoisotopic (exact) mass is 569 g/mol. The van der Waals surface area contributed by atoms with Crippen LogP contribution in [-0.4, -0.2) is 26.8 Å². The van der Waals surface area contributed by atoms with E-state index in [1.807, 2.05) is 32.0 Å². The molecule has 0 fully saturated rings. The van der Waals surface area contributed by atoms with Gasteiger partial charge in [-0.15, -0.1) is 0 Å². The molecule has 2 N–H and O–H groups in total. The number of pyridine rings is 3. The molecule has 0 aliphatic rings. The van der Waals surface area contributed by atoms with Crippen molar-refractivity contribution in [2.24, 2.45) is 0 Å². The number of hydrogen-bond donors (Lipinski definition) is 2. The predicted octanol–water partition coefficient (Wildman–Crippen LogP) is 7.02. The maximum absolute atomic E-state index is 13.3. The molecule has 42 heavy (non-hydrogen) atoms. The number of carbonyl (C=O) groups is 2. The fraction of sp³-hybridized carbons (Fsp3) is 0.156. The van der Waals surface area contributed by atoms with Crippen LogP contribution in [0.3, 0.4) is 0 Å². The zero-order chi connectivity index (χ0) is 29.9. The SMILES string of the molecule is CCc1nc2cc(NC(=O)c3ccccc3-c3ccc(C(F)(F)F)cn3)ccc2cc1C(=O)NC(C)c1ccccn1. The molecule has 7 nitrogen and oxygen atoms in total. The number of nitrogens with one attached hydrogen (secondary N) is 2. The number of amides is 2. The topological polar surface area (TPSA) is 96.9 Å². The van der Waals surface area contributed by atoms with E-state index in [4.69, 9.17) is 4.98 Å². The average molecular weight is 570 g/mol. The van der Waals surface area contributed by atoms with E-state index in [9.17, 15) is 22.8 Å². The first-order valence-corrected chi connectivity index (χ1v) is 13.2. The first-order valence-electron chi connectivity index (χ1n) is 13.2. The van der Waals surface area contributed by atoms with Gasteiger partial charge in [0, 0.05) is 34.6 Å². The summed E-state index contributed by atoms with van der Waals surface area (Å²) in [6.07, 6.45) is -1.57. The summed E-state index contributed by atoms with van der Waals surface area (Å²) in [6.45, 7) is 3.77. The number of carbonyl (C=O) groups excluding carboxylic acids is 2. The highest BCUT2D eigenvalue weighted by Crippen LogP contribution is 2.31. The summed E-state index contributed by atoms with van der Waals surface area (Å²) in [5, 5.41) is 6.54. The molecule has 10 heteroatoms. The second kappa shape index (κ2) is 11.8. The van der Waals surface area contributed by atoms with Gasteiger partial charge in [0.1, 0.15) is 0 Å². The molecule has 0 bridgehead atoms. The highest BCUT2D eigenvalue weighted by molar-refractivity contribution is 6.09. The van der Waals surface area contributed by atoms with Gasteiger partial charge in [-0.3, -0.25) is 24.5 Å². The van der Waals surface area contributed by atoms with Crippen LogP contribution in [0.5, 0.6) is 0 Å². The number of aryl methyl sites for hydroxylation is 1. The highest BCUT2D eigenvalue weighted by atomic mass is 19.4. The molecule has 1 unspecified atom stereocenters. The number of anilines is 1. The van der Waals surface area contributed by atoms with Gasteiger partial charge < -0.3 is 10.6 Å². The van der Waals surface area contributed by atoms with E-state index in [1.54, 1.807) is 54.7 Å². The van der Waals surface area contributed by atoms with E-state index in [2.05, 4.69) is 20.6 Å². The quantitative estimate of drug-likeness (QED) is 0.220. The molecule has 3 aromatic heterocycles. The van der Waals surface area contributed by atoms with Crippen LogP contribution in [0.25, 0.3) is 22.2 Å². The molecule has 0 spiro atoms. The van der Waals surface area contributed by atoms with Crippen molar-refractivity contribution in [3.8, 4) is 11.3 Å². The van der Waals surface area contributed by atoms with Crippen molar-refractivity contribution < 1.29 is 22.8 Å². The summed E-state index contributed by atoms with van der Waals surface area (Å²) in [4.78, 5) is 39.3. The Kier molecular flexibility index (Phi) is 7.97. The number of hydrogen-bond acceptors (Lipinski definition) is 5. The molecule has 0 saturated heterocycles. The number of fused-ring (bicyclic) bond motifs is 1. The first kappa shape index (κ1) is 28.4. The molecular weight excluding hydrogens is 543 g/mol. The van der Waals surface area contributed by atoms with Gasteiger partial charge in [0.25, 0.3) is 11.8 Å². The minimum absolute atomic E-state index is 0.240. The standard InChI is InChI=1S/C32H26F3N5O2/c1-3-26-25(31(42)38-19(2)27-10-6-7-15-36-27)16-20-11-13-22(17-29(20)40-26)39-30(41)24-9-5-4-8-23(24)28-14-12-21(18-37-28)32(33,34)35/h4-19H,3H2,1-2H3,(H,38,42)(H,39,41). The Balaban J connectivity index is 1.38. The van der Waals surface area contributed by atoms with Gasteiger partial charge in [0.05, 0.1) is 39.8 Å². The Labute approximate surface area is 239 Å². The van der Waals surface area contributed by atoms with Crippen LogP contribution in [0.4, 0.5) is 18.9 Å².